The predicted molar refractivity (Wildman–Crippen MR) is 77.3 cm³/mol. The Balaban J connectivity index is 1.76. The maximum absolute atomic E-state index is 5.99. The van der Waals surface area contributed by atoms with Gasteiger partial charge in [-0.1, -0.05) is 18.2 Å². The van der Waals surface area contributed by atoms with Crippen molar-refractivity contribution >= 4 is 28.3 Å². The number of nitrogens with one attached hydrogen (secondary N) is 1. The predicted octanol–water partition coefficient (Wildman–Crippen LogP) is 3.97. The maximum Gasteiger partial charge on any atom is 0.129 e. The third-order valence-electron chi connectivity index (χ3n) is 3.65. The number of anilines is 1. The highest BCUT2D eigenvalue weighted by Crippen LogP contribution is 2.32. The molecule has 0 spiro atoms. The summed E-state index contributed by atoms with van der Waals surface area (Å²) in [6.45, 7) is 3.09. The molecule has 18 heavy (non-hydrogen) atoms. The number of nitrogens with zero attached hydrogens (tertiary/aromatic N) is 1. The van der Waals surface area contributed by atoms with Crippen molar-refractivity contribution in [2.45, 2.75) is 25.1 Å². The number of pyridine rings is 1. The van der Waals surface area contributed by atoms with Crippen molar-refractivity contribution in [3.63, 3.8) is 0 Å². The minimum absolute atomic E-state index is 0.391. The van der Waals surface area contributed by atoms with Gasteiger partial charge in [0.15, 0.2) is 0 Å². The van der Waals surface area contributed by atoms with Gasteiger partial charge >= 0.3 is 0 Å². The third kappa shape index (κ3) is 2.30. The van der Waals surface area contributed by atoms with E-state index in [9.17, 15) is 0 Å². The molecule has 2 nitrogen and oxygen atoms in total. The topological polar surface area (TPSA) is 24.9 Å². The number of rotatable bonds is 3. The Labute approximate surface area is 112 Å². The van der Waals surface area contributed by atoms with Crippen LogP contribution in [-0.2, 0) is 0 Å². The molecule has 1 heterocycles. The summed E-state index contributed by atoms with van der Waals surface area (Å²) < 4.78 is 0. The van der Waals surface area contributed by atoms with E-state index in [1.54, 1.807) is 0 Å². The van der Waals surface area contributed by atoms with Gasteiger partial charge in [-0.25, -0.2) is 4.98 Å². The van der Waals surface area contributed by atoms with Crippen molar-refractivity contribution in [2.24, 2.45) is 5.92 Å². The molecule has 0 bridgehead atoms. The zero-order valence-corrected chi connectivity index (χ0v) is 11.2. The quantitative estimate of drug-likeness (QED) is 0.845. The lowest BCUT2D eigenvalue weighted by Crippen LogP contribution is -2.30. The lowest BCUT2D eigenvalue weighted by molar-refractivity contribution is 0.341. The smallest absolute Gasteiger partial charge is 0.129 e. The van der Waals surface area contributed by atoms with Gasteiger partial charge in [-0.2, -0.15) is 0 Å². The second kappa shape index (κ2) is 4.77. The Morgan fingerprint density at radius 3 is 2.89 bits per heavy atom. The molecule has 94 valence electrons. The molecule has 0 atom stereocenters. The Kier molecular flexibility index (Phi) is 3.13. The number of para-hydroxylation sites is 1. The van der Waals surface area contributed by atoms with E-state index in [1.165, 1.54) is 10.9 Å². The van der Waals surface area contributed by atoms with Gasteiger partial charge in [0.1, 0.15) is 5.82 Å². The minimum Gasteiger partial charge on any atom is -0.370 e. The summed E-state index contributed by atoms with van der Waals surface area (Å²) in [7, 11) is 0. The number of fused-ring (bicyclic) bond motifs is 1. The highest BCUT2D eigenvalue weighted by Gasteiger charge is 2.26. The third-order valence-corrected chi connectivity index (χ3v) is 4.01. The van der Waals surface area contributed by atoms with Crippen LogP contribution in [-0.4, -0.2) is 16.9 Å². The molecular formula is C15H17ClN2. The first-order valence-electron chi connectivity index (χ1n) is 6.46. The van der Waals surface area contributed by atoms with E-state index in [-0.39, 0.29) is 0 Å². The zero-order chi connectivity index (χ0) is 12.5. The van der Waals surface area contributed by atoms with Crippen LogP contribution < -0.4 is 5.32 Å². The summed E-state index contributed by atoms with van der Waals surface area (Å²) in [5.41, 5.74) is 2.25. The fraction of sp³-hybridized carbons (Fsp3) is 0.400. The standard InChI is InChI=1S/C15H17ClN2/c1-10-6-12-4-2-3-5-14(12)18-15(10)17-9-11-7-13(16)8-11/h2-6,11,13H,7-9H2,1H3,(H,17,18). The number of hydrogen-bond donors (Lipinski definition) is 1. The van der Waals surface area contributed by atoms with Crippen LogP contribution in [0.2, 0.25) is 0 Å². The highest BCUT2D eigenvalue weighted by atomic mass is 35.5. The Morgan fingerprint density at radius 2 is 2.11 bits per heavy atom. The Hall–Kier alpha value is -1.28. The van der Waals surface area contributed by atoms with E-state index < -0.39 is 0 Å². The van der Waals surface area contributed by atoms with Gasteiger partial charge in [0.2, 0.25) is 0 Å². The fourth-order valence-electron chi connectivity index (χ4n) is 2.46. The van der Waals surface area contributed by atoms with Crippen LogP contribution >= 0.6 is 11.6 Å². The molecular weight excluding hydrogens is 244 g/mol. The second-order valence-corrected chi connectivity index (χ2v) is 5.78. The van der Waals surface area contributed by atoms with Crippen LogP contribution in [0.1, 0.15) is 18.4 Å². The monoisotopic (exact) mass is 260 g/mol. The summed E-state index contributed by atoms with van der Waals surface area (Å²) in [5, 5.41) is 5.05. The molecule has 3 heteroatoms. The lowest BCUT2D eigenvalue weighted by atomic mass is 9.85. The lowest BCUT2D eigenvalue weighted by Gasteiger charge is -2.31. The van der Waals surface area contributed by atoms with E-state index in [4.69, 9.17) is 11.6 Å². The van der Waals surface area contributed by atoms with E-state index in [2.05, 4.69) is 35.4 Å². The van der Waals surface area contributed by atoms with E-state index in [1.807, 2.05) is 12.1 Å². The number of aromatic nitrogens is 1. The van der Waals surface area contributed by atoms with Crippen molar-refractivity contribution in [3.8, 4) is 0 Å². The number of benzene rings is 1. The van der Waals surface area contributed by atoms with Gasteiger partial charge in [-0.05, 0) is 43.4 Å². The molecule has 1 aliphatic carbocycles. The van der Waals surface area contributed by atoms with Crippen molar-refractivity contribution in [1.82, 2.24) is 4.98 Å². The summed E-state index contributed by atoms with van der Waals surface area (Å²) in [6.07, 6.45) is 2.25. The first-order chi connectivity index (χ1) is 8.72. The van der Waals surface area contributed by atoms with Crippen LogP contribution in [0.25, 0.3) is 10.9 Å². The number of alkyl halides is 1. The molecule has 0 unspecified atom stereocenters. The Bertz CT molecular complexity index is 561. The summed E-state index contributed by atoms with van der Waals surface area (Å²) >= 11 is 5.99. The summed E-state index contributed by atoms with van der Waals surface area (Å²) in [6, 6.07) is 10.4. The van der Waals surface area contributed by atoms with Gasteiger partial charge in [-0.15, -0.1) is 11.6 Å². The first kappa shape index (κ1) is 11.8. The summed E-state index contributed by atoms with van der Waals surface area (Å²) in [5.74, 6) is 1.71. The highest BCUT2D eigenvalue weighted by molar-refractivity contribution is 6.21. The van der Waals surface area contributed by atoms with Crippen LogP contribution in [0.3, 0.4) is 0 Å². The first-order valence-corrected chi connectivity index (χ1v) is 6.90. The van der Waals surface area contributed by atoms with Crippen LogP contribution in [0, 0.1) is 12.8 Å². The molecule has 0 saturated heterocycles. The fourth-order valence-corrected chi connectivity index (χ4v) is 2.97. The van der Waals surface area contributed by atoms with Gasteiger partial charge in [0.05, 0.1) is 5.52 Å². The van der Waals surface area contributed by atoms with Gasteiger partial charge in [0.25, 0.3) is 0 Å². The van der Waals surface area contributed by atoms with Gasteiger partial charge in [-0.3, -0.25) is 0 Å². The average molecular weight is 261 g/mol. The number of aryl methyl sites for hydroxylation is 1. The molecule has 0 amide bonds. The number of hydrogen-bond acceptors (Lipinski definition) is 2. The minimum atomic E-state index is 0.391. The molecule has 3 rings (SSSR count). The molecule has 1 aromatic heterocycles. The molecule has 0 aliphatic heterocycles. The molecule has 0 radical (unpaired) electrons. The van der Waals surface area contributed by atoms with Crippen molar-refractivity contribution in [2.75, 3.05) is 11.9 Å². The molecule has 1 N–H and O–H groups in total. The van der Waals surface area contributed by atoms with Gasteiger partial charge < -0.3 is 5.32 Å². The molecule has 1 saturated carbocycles. The van der Waals surface area contributed by atoms with Gasteiger partial charge in [0, 0.05) is 17.3 Å². The average Bonchev–Trinajstić information content (AvgIpc) is 2.33. The largest absolute Gasteiger partial charge is 0.370 e. The number of halogens is 1. The van der Waals surface area contributed by atoms with E-state index in [0.717, 1.165) is 30.7 Å². The van der Waals surface area contributed by atoms with Crippen LogP contribution in [0.4, 0.5) is 5.82 Å². The van der Waals surface area contributed by atoms with Crippen molar-refractivity contribution < 1.29 is 0 Å². The maximum atomic E-state index is 5.99. The van der Waals surface area contributed by atoms with E-state index in [0.29, 0.717) is 11.3 Å². The van der Waals surface area contributed by atoms with Crippen molar-refractivity contribution in [1.29, 1.82) is 0 Å². The van der Waals surface area contributed by atoms with Crippen molar-refractivity contribution in [3.05, 3.63) is 35.9 Å². The second-order valence-electron chi connectivity index (χ2n) is 5.16. The summed E-state index contributed by atoms with van der Waals surface area (Å²) in [4.78, 5) is 4.68. The molecule has 2 aromatic rings. The van der Waals surface area contributed by atoms with Crippen LogP contribution in [0.5, 0.6) is 0 Å². The van der Waals surface area contributed by atoms with E-state index >= 15 is 0 Å². The molecule has 1 aromatic carbocycles. The SMILES string of the molecule is Cc1cc2ccccc2nc1NCC1CC(Cl)C1. The van der Waals surface area contributed by atoms with Crippen LogP contribution in [0.15, 0.2) is 30.3 Å². The normalized spacial score (nSPS) is 22.8. The molecule has 1 fully saturated rings. The zero-order valence-electron chi connectivity index (χ0n) is 10.5. The Morgan fingerprint density at radius 1 is 1.33 bits per heavy atom. The molecule has 1 aliphatic rings.